The molecule has 1 amide bonds. The van der Waals surface area contributed by atoms with E-state index in [4.69, 9.17) is 0 Å². The largest absolute Gasteiger partial charge is 0.338 e. The molecule has 9 heteroatoms. The average Bonchev–Trinajstić information content (AvgIpc) is 3.32. The smallest absolute Gasteiger partial charge is 0.257 e. The Morgan fingerprint density at radius 2 is 1.88 bits per heavy atom. The predicted molar refractivity (Wildman–Crippen MR) is 88.1 cm³/mol. The van der Waals surface area contributed by atoms with Crippen LogP contribution in [0, 0.1) is 11.6 Å². The SMILES string of the molecule is O=C(c1cn[nH]c1)N1CCC(n2cc(-c3cc(F)cc(F)c3)nn2)CC1. The minimum Gasteiger partial charge on any atom is -0.338 e. The number of benzene rings is 1. The second-order valence-corrected chi connectivity index (χ2v) is 6.25. The number of halogens is 2. The van der Waals surface area contributed by atoms with E-state index in [2.05, 4.69) is 20.5 Å². The molecule has 0 bridgehead atoms. The van der Waals surface area contributed by atoms with Crippen molar-refractivity contribution in [3.63, 3.8) is 0 Å². The van der Waals surface area contributed by atoms with Crippen LogP contribution < -0.4 is 0 Å². The number of amides is 1. The van der Waals surface area contributed by atoms with Crippen molar-refractivity contribution in [1.29, 1.82) is 0 Å². The van der Waals surface area contributed by atoms with E-state index in [1.165, 1.54) is 18.3 Å². The highest BCUT2D eigenvalue weighted by Crippen LogP contribution is 2.25. The van der Waals surface area contributed by atoms with E-state index in [9.17, 15) is 13.6 Å². The third-order valence-corrected chi connectivity index (χ3v) is 4.54. The number of piperidine rings is 1. The Bertz CT molecular complexity index is 895. The molecule has 0 atom stereocenters. The molecule has 0 radical (unpaired) electrons. The van der Waals surface area contributed by atoms with Gasteiger partial charge in [0.25, 0.3) is 5.91 Å². The second kappa shape index (κ2) is 6.66. The summed E-state index contributed by atoms with van der Waals surface area (Å²) < 4.78 is 28.4. The Labute approximate surface area is 147 Å². The lowest BCUT2D eigenvalue weighted by Crippen LogP contribution is -2.39. The molecule has 0 saturated carbocycles. The highest BCUT2D eigenvalue weighted by atomic mass is 19.1. The predicted octanol–water partition coefficient (Wildman–Crippen LogP) is 2.42. The molecule has 4 rings (SSSR count). The fourth-order valence-electron chi connectivity index (χ4n) is 3.17. The molecule has 0 aliphatic carbocycles. The van der Waals surface area contributed by atoms with Crippen molar-refractivity contribution in [2.75, 3.05) is 13.1 Å². The molecule has 1 saturated heterocycles. The van der Waals surface area contributed by atoms with Crippen LogP contribution in [0.2, 0.25) is 0 Å². The molecule has 0 unspecified atom stereocenters. The maximum absolute atomic E-state index is 13.4. The number of carbonyl (C=O) groups is 1. The van der Waals surface area contributed by atoms with Crippen LogP contribution in [0.15, 0.2) is 36.8 Å². The molecule has 1 aromatic carbocycles. The minimum absolute atomic E-state index is 0.0493. The van der Waals surface area contributed by atoms with Gasteiger partial charge in [-0.2, -0.15) is 5.10 Å². The molecule has 7 nitrogen and oxygen atoms in total. The third-order valence-electron chi connectivity index (χ3n) is 4.54. The van der Waals surface area contributed by atoms with E-state index in [0.717, 1.165) is 18.9 Å². The molecule has 134 valence electrons. The summed E-state index contributed by atoms with van der Waals surface area (Å²) in [4.78, 5) is 14.1. The standard InChI is InChI=1S/C17H16F2N6O/c18-13-5-11(6-14(19)7-13)16-10-25(23-22-16)15-1-3-24(4-2-15)17(26)12-8-20-21-9-12/h5-10,15H,1-4H2,(H,20,21). The third kappa shape index (κ3) is 3.19. The molecule has 1 aliphatic rings. The average molecular weight is 358 g/mol. The molecular weight excluding hydrogens is 342 g/mol. The van der Waals surface area contributed by atoms with Crippen molar-refractivity contribution < 1.29 is 13.6 Å². The van der Waals surface area contributed by atoms with Crippen LogP contribution in [0.1, 0.15) is 29.2 Å². The van der Waals surface area contributed by atoms with E-state index in [1.807, 2.05) is 0 Å². The van der Waals surface area contributed by atoms with Crippen LogP contribution >= 0.6 is 0 Å². The summed E-state index contributed by atoms with van der Waals surface area (Å²) in [5.41, 5.74) is 1.31. The van der Waals surface area contributed by atoms with E-state index in [1.54, 1.807) is 22.0 Å². The fraction of sp³-hybridized carbons (Fsp3) is 0.294. The maximum atomic E-state index is 13.4. The van der Waals surface area contributed by atoms with Crippen molar-refractivity contribution in [2.45, 2.75) is 18.9 Å². The summed E-state index contributed by atoms with van der Waals surface area (Å²) in [6.45, 7) is 1.19. The summed E-state index contributed by atoms with van der Waals surface area (Å²) in [6, 6.07) is 3.36. The quantitative estimate of drug-likeness (QED) is 0.780. The van der Waals surface area contributed by atoms with E-state index >= 15 is 0 Å². The summed E-state index contributed by atoms with van der Waals surface area (Å²) in [5.74, 6) is -1.35. The van der Waals surface area contributed by atoms with Crippen molar-refractivity contribution >= 4 is 5.91 Å². The highest BCUT2D eigenvalue weighted by Gasteiger charge is 2.26. The number of likely N-dealkylation sites (tertiary alicyclic amines) is 1. The molecule has 26 heavy (non-hydrogen) atoms. The number of hydrogen-bond acceptors (Lipinski definition) is 4. The van der Waals surface area contributed by atoms with Gasteiger partial charge < -0.3 is 4.90 Å². The normalized spacial score (nSPS) is 15.4. The lowest BCUT2D eigenvalue weighted by Gasteiger charge is -2.31. The number of rotatable bonds is 3. The molecule has 1 aliphatic heterocycles. The van der Waals surface area contributed by atoms with Gasteiger partial charge in [0.1, 0.15) is 17.3 Å². The van der Waals surface area contributed by atoms with Crippen molar-refractivity contribution in [2.24, 2.45) is 0 Å². The van der Waals surface area contributed by atoms with Crippen LogP contribution in [0.5, 0.6) is 0 Å². The number of aromatic nitrogens is 5. The number of H-pyrrole nitrogens is 1. The van der Waals surface area contributed by atoms with Gasteiger partial charge in [-0.25, -0.2) is 13.5 Å². The van der Waals surface area contributed by atoms with E-state index < -0.39 is 11.6 Å². The Morgan fingerprint density at radius 1 is 1.15 bits per heavy atom. The summed E-state index contributed by atoms with van der Waals surface area (Å²) in [7, 11) is 0. The Balaban J connectivity index is 1.44. The zero-order chi connectivity index (χ0) is 18.1. The monoisotopic (exact) mass is 358 g/mol. The van der Waals surface area contributed by atoms with E-state index in [-0.39, 0.29) is 11.9 Å². The first kappa shape index (κ1) is 16.4. The maximum Gasteiger partial charge on any atom is 0.257 e. The second-order valence-electron chi connectivity index (χ2n) is 6.25. The van der Waals surface area contributed by atoms with Gasteiger partial charge in [-0.3, -0.25) is 9.89 Å². The molecule has 3 aromatic rings. The number of hydrogen-bond donors (Lipinski definition) is 1. The first-order chi connectivity index (χ1) is 12.6. The van der Waals surface area contributed by atoms with Crippen molar-refractivity contribution in [3.05, 3.63) is 54.0 Å². The lowest BCUT2D eigenvalue weighted by molar-refractivity contribution is 0.0689. The van der Waals surface area contributed by atoms with Crippen LogP contribution in [0.25, 0.3) is 11.3 Å². The summed E-state index contributed by atoms with van der Waals surface area (Å²) in [5, 5.41) is 14.6. The van der Waals surface area contributed by atoms with Gasteiger partial charge in [-0.15, -0.1) is 5.10 Å². The number of nitrogens with zero attached hydrogens (tertiary/aromatic N) is 5. The molecular formula is C17H16F2N6O. The molecule has 2 aromatic heterocycles. The Hall–Kier alpha value is -3.10. The molecule has 1 fully saturated rings. The molecule has 3 heterocycles. The Morgan fingerprint density at radius 3 is 2.54 bits per heavy atom. The van der Waals surface area contributed by atoms with Crippen LogP contribution in [-0.4, -0.2) is 49.1 Å². The number of aromatic amines is 1. The minimum atomic E-state index is -0.652. The molecule has 1 N–H and O–H groups in total. The number of carbonyl (C=O) groups excluding carboxylic acids is 1. The van der Waals surface area contributed by atoms with Gasteiger partial charge in [0.15, 0.2) is 0 Å². The fourth-order valence-corrected chi connectivity index (χ4v) is 3.17. The van der Waals surface area contributed by atoms with Gasteiger partial charge in [-0.1, -0.05) is 5.21 Å². The van der Waals surface area contributed by atoms with Gasteiger partial charge >= 0.3 is 0 Å². The zero-order valence-electron chi connectivity index (χ0n) is 13.8. The van der Waals surface area contributed by atoms with Crippen LogP contribution in [-0.2, 0) is 0 Å². The van der Waals surface area contributed by atoms with Crippen LogP contribution in [0.4, 0.5) is 8.78 Å². The Kier molecular flexibility index (Phi) is 4.19. The number of nitrogens with one attached hydrogen (secondary N) is 1. The van der Waals surface area contributed by atoms with Gasteiger partial charge in [0, 0.05) is 30.9 Å². The van der Waals surface area contributed by atoms with Crippen molar-refractivity contribution in [1.82, 2.24) is 30.1 Å². The van der Waals surface area contributed by atoms with Gasteiger partial charge in [0.2, 0.25) is 0 Å². The zero-order valence-corrected chi connectivity index (χ0v) is 13.8. The summed E-state index contributed by atoms with van der Waals surface area (Å²) in [6.07, 6.45) is 6.23. The van der Waals surface area contributed by atoms with Crippen LogP contribution in [0.3, 0.4) is 0 Å². The lowest BCUT2D eigenvalue weighted by atomic mass is 10.0. The highest BCUT2D eigenvalue weighted by molar-refractivity contribution is 5.93. The van der Waals surface area contributed by atoms with Gasteiger partial charge in [-0.05, 0) is 25.0 Å². The first-order valence-corrected chi connectivity index (χ1v) is 8.26. The van der Waals surface area contributed by atoms with Crippen molar-refractivity contribution in [3.8, 4) is 11.3 Å². The summed E-state index contributed by atoms with van der Waals surface area (Å²) >= 11 is 0. The first-order valence-electron chi connectivity index (χ1n) is 8.26. The topological polar surface area (TPSA) is 79.7 Å². The van der Waals surface area contributed by atoms with E-state index in [0.29, 0.717) is 29.9 Å². The van der Waals surface area contributed by atoms with Gasteiger partial charge in [0.05, 0.1) is 24.0 Å². The molecule has 0 spiro atoms.